The molecule has 0 aliphatic carbocycles. The Bertz CT molecular complexity index is 641. The van der Waals surface area contributed by atoms with Crippen molar-refractivity contribution in [2.45, 2.75) is 102 Å². The van der Waals surface area contributed by atoms with Crippen LogP contribution in [0.15, 0.2) is 35.5 Å². The summed E-state index contributed by atoms with van der Waals surface area (Å²) in [6.07, 6.45) is 5.55. The molecule has 0 aliphatic rings. The zero-order valence-corrected chi connectivity index (χ0v) is 28.3. The van der Waals surface area contributed by atoms with E-state index in [4.69, 9.17) is 0 Å². The molecule has 0 bridgehead atoms. The van der Waals surface area contributed by atoms with Crippen LogP contribution in [0.25, 0.3) is 0 Å². The summed E-state index contributed by atoms with van der Waals surface area (Å²) in [5.74, 6) is 1.77. The Labute approximate surface area is 252 Å². The quantitative estimate of drug-likeness (QED) is 0.154. The van der Waals surface area contributed by atoms with Crippen LogP contribution in [-0.2, 0) is 47.1 Å². The minimum atomic E-state index is 0. The van der Waals surface area contributed by atoms with Crippen molar-refractivity contribution >= 4 is 17.3 Å². The number of rotatable bonds is 12. The fourth-order valence-corrected chi connectivity index (χ4v) is 2.38. The monoisotopic (exact) mass is 599 g/mol. The van der Waals surface area contributed by atoms with Crippen LogP contribution in [0.4, 0.5) is 0 Å². The molecular weight excluding hydrogens is 545 g/mol. The normalized spacial score (nSPS) is 12.3. The van der Waals surface area contributed by atoms with Crippen LogP contribution in [0.2, 0.25) is 0 Å². The standard InChI is InChI=1S/3C10H18O2.Y/c3*1-7(2)5-9(11)6-10(12)8(3)4;/h3*6-8,12H,5H2,1-4H3;/b3*10-6-;. The molecule has 0 heterocycles. The summed E-state index contributed by atoms with van der Waals surface area (Å²) >= 11 is 0. The van der Waals surface area contributed by atoms with E-state index < -0.39 is 0 Å². The second-order valence-corrected chi connectivity index (χ2v) is 11.4. The molecule has 0 rings (SSSR count). The summed E-state index contributed by atoms with van der Waals surface area (Å²) in [7, 11) is 0. The largest absolute Gasteiger partial charge is 0.512 e. The number of hydrogen-bond acceptors (Lipinski definition) is 6. The summed E-state index contributed by atoms with van der Waals surface area (Å²) in [5, 5.41) is 27.8. The van der Waals surface area contributed by atoms with Crippen molar-refractivity contribution in [3.05, 3.63) is 35.5 Å². The van der Waals surface area contributed by atoms with Crippen LogP contribution in [0.1, 0.15) is 102 Å². The number of aliphatic hydroxyl groups is 3. The van der Waals surface area contributed by atoms with Crippen molar-refractivity contribution in [2.24, 2.45) is 35.5 Å². The number of carbonyl (C=O) groups is 3. The third kappa shape index (κ3) is 30.8. The van der Waals surface area contributed by atoms with Crippen molar-refractivity contribution < 1.29 is 62.4 Å². The smallest absolute Gasteiger partial charge is 0.159 e. The Hall–Kier alpha value is -1.27. The first-order chi connectivity index (χ1) is 16.3. The van der Waals surface area contributed by atoms with E-state index in [0.717, 1.165) is 0 Å². The molecule has 3 N–H and O–H groups in total. The summed E-state index contributed by atoms with van der Waals surface area (Å²) in [6, 6.07) is 0. The van der Waals surface area contributed by atoms with Gasteiger partial charge in [-0.1, -0.05) is 83.1 Å². The van der Waals surface area contributed by atoms with Crippen molar-refractivity contribution in [2.75, 3.05) is 0 Å². The molecular formula is C30H54O6Y. The van der Waals surface area contributed by atoms with Gasteiger partial charge >= 0.3 is 0 Å². The van der Waals surface area contributed by atoms with Crippen LogP contribution < -0.4 is 0 Å². The van der Waals surface area contributed by atoms with Gasteiger partial charge in [0.25, 0.3) is 0 Å². The van der Waals surface area contributed by atoms with Gasteiger partial charge in [-0.15, -0.1) is 0 Å². The third-order valence-corrected chi connectivity index (χ3v) is 4.53. The van der Waals surface area contributed by atoms with Crippen LogP contribution in [0, 0.1) is 35.5 Å². The summed E-state index contributed by atoms with van der Waals surface area (Å²) in [5.41, 5.74) is 0. The molecule has 7 heteroatoms. The second kappa shape index (κ2) is 23.8. The maximum atomic E-state index is 11.1. The van der Waals surface area contributed by atoms with Gasteiger partial charge in [0.05, 0.1) is 17.3 Å². The predicted molar refractivity (Wildman–Crippen MR) is 150 cm³/mol. The fraction of sp³-hybridized carbons (Fsp3) is 0.700. The van der Waals surface area contributed by atoms with Crippen molar-refractivity contribution in [1.29, 1.82) is 0 Å². The zero-order valence-electron chi connectivity index (χ0n) is 25.5. The molecule has 0 fully saturated rings. The molecule has 37 heavy (non-hydrogen) atoms. The van der Waals surface area contributed by atoms with Crippen molar-refractivity contribution in [1.82, 2.24) is 0 Å². The van der Waals surface area contributed by atoms with Gasteiger partial charge in [-0.25, -0.2) is 0 Å². The first kappa shape index (κ1) is 42.8. The second-order valence-electron chi connectivity index (χ2n) is 11.4. The molecule has 0 aromatic rings. The van der Waals surface area contributed by atoms with Crippen LogP contribution in [0.3, 0.4) is 0 Å². The molecule has 0 amide bonds. The van der Waals surface area contributed by atoms with E-state index in [0.29, 0.717) is 37.0 Å². The number of aliphatic hydroxyl groups excluding tert-OH is 3. The average molecular weight is 600 g/mol. The molecule has 0 atom stereocenters. The van der Waals surface area contributed by atoms with E-state index >= 15 is 0 Å². The molecule has 0 aliphatic heterocycles. The predicted octanol–water partition coefficient (Wildman–Crippen LogP) is 8.10. The number of hydrogen-bond donors (Lipinski definition) is 3. The van der Waals surface area contributed by atoms with Gasteiger partial charge < -0.3 is 15.3 Å². The zero-order chi connectivity index (χ0) is 29.2. The van der Waals surface area contributed by atoms with E-state index in [1.54, 1.807) is 0 Å². The van der Waals surface area contributed by atoms with E-state index in [-0.39, 0.29) is 85.1 Å². The summed E-state index contributed by atoms with van der Waals surface area (Å²) < 4.78 is 0. The van der Waals surface area contributed by atoms with Crippen LogP contribution in [-0.4, -0.2) is 32.7 Å². The first-order valence-electron chi connectivity index (χ1n) is 13.1. The Morgan fingerprint density at radius 1 is 0.459 bits per heavy atom. The molecule has 0 spiro atoms. The van der Waals surface area contributed by atoms with E-state index in [9.17, 15) is 29.7 Å². The SMILES string of the molecule is CC(C)CC(=O)/C=C(\O)C(C)C.CC(C)CC(=O)/C=C(\O)C(C)C.CC(C)CC(=O)/C=C(\O)C(C)C.[Y]. The number of carbonyl (C=O) groups excluding carboxylic acids is 3. The van der Waals surface area contributed by atoms with E-state index in [1.807, 2.05) is 83.1 Å². The minimum Gasteiger partial charge on any atom is -0.512 e. The van der Waals surface area contributed by atoms with Gasteiger partial charge in [0.1, 0.15) is 0 Å². The molecule has 6 nitrogen and oxygen atoms in total. The van der Waals surface area contributed by atoms with Crippen molar-refractivity contribution in [3.8, 4) is 0 Å². The topological polar surface area (TPSA) is 112 Å². The first-order valence-corrected chi connectivity index (χ1v) is 13.1. The van der Waals surface area contributed by atoms with Gasteiger partial charge in [0, 0.05) is 88.0 Å². The Morgan fingerprint density at radius 3 is 0.730 bits per heavy atom. The van der Waals surface area contributed by atoms with Gasteiger partial charge in [-0.3, -0.25) is 14.4 Å². The Morgan fingerprint density at radius 2 is 0.622 bits per heavy atom. The molecule has 0 saturated heterocycles. The average Bonchev–Trinajstić information content (AvgIpc) is 2.66. The minimum absolute atomic E-state index is 0. The van der Waals surface area contributed by atoms with Gasteiger partial charge in [0.2, 0.25) is 0 Å². The molecule has 0 aromatic heterocycles. The van der Waals surface area contributed by atoms with E-state index in [2.05, 4.69) is 0 Å². The number of allylic oxidation sites excluding steroid dienone is 6. The molecule has 0 saturated carbocycles. The fourth-order valence-electron chi connectivity index (χ4n) is 2.38. The molecule has 213 valence electrons. The van der Waals surface area contributed by atoms with Crippen LogP contribution >= 0.6 is 0 Å². The molecule has 1 radical (unpaired) electrons. The number of ketones is 3. The Kier molecular flexibility index (Phi) is 27.6. The maximum Gasteiger partial charge on any atom is 0.159 e. The molecule has 0 aromatic carbocycles. The van der Waals surface area contributed by atoms with Crippen LogP contribution in [0.5, 0.6) is 0 Å². The van der Waals surface area contributed by atoms with Gasteiger partial charge in [-0.2, -0.15) is 0 Å². The Balaban J connectivity index is -0.000000218. The van der Waals surface area contributed by atoms with Gasteiger partial charge in [-0.05, 0) is 17.8 Å². The van der Waals surface area contributed by atoms with Gasteiger partial charge in [0.15, 0.2) is 17.3 Å². The van der Waals surface area contributed by atoms with E-state index in [1.165, 1.54) is 18.2 Å². The molecule has 0 unspecified atom stereocenters. The maximum absolute atomic E-state index is 11.1. The summed E-state index contributed by atoms with van der Waals surface area (Å²) in [6.45, 7) is 23.0. The van der Waals surface area contributed by atoms with Crippen molar-refractivity contribution in [3.63, 3.8) is 0 Å². The summed E-state index contributed by atoms with van der Waals surface area (Å²) in [4.78, 5) is 33.4. The third-order valence-electron chi connectivity index (χ3n) is 4.53.